The van der Waals surface area contributed by atoms with Gasteiger partial charge in [0.1, 0.15) is 0 Å². The van der Waals surface area contributed by atoms with Gasteiger partial charge < -0.3 is 0 Å². The van der Waals surface area contributed by atoms with Gasteiger partial charge in [-0.2, -0.15) is 5.10 Å². The molecule has 3 aromatic rings. The Kier molecular flexibility index (Phi) is 3.79. The van der Waals surface area contributed by atoms with Crippen molar-refractivity contribution in [2.24, 2.45) is 0 Å². The second kappa shape index (κ2) is 6.08. The fourth-order valence-electron chi connectivity index (χ4n) is 3.41. The van der Waals surface area contributed by atoms with Crippen LogP contribution < -0.4 is 0 Å². The van der Waals surface area contributed by atoms with E-state index in [9.17, 15) is 0 Å². The van der Waals surface area contributed by atoms with Crippen molar-refractivity contribution in [1.29, 1.82) is 0 Å². The van der Waals surface area contributed by atoms with Crippen LogP contribution in [0.15, 0.2) is 36.7 Å². The number of likely N-dealkylation sites (tertiary alicyclic amines) is 1. The molecule has 0 bridgehead atoms. The van der Waals surface area contributed by atoms with E-state index in [2.05, 4.69) is 45.2 Å². The van der Waals surface area contributed by atoms with Crippen molar-refractivity contribution in [3.63, 3.8) is 0 Å². The summed E-state index contributed by atoms with van der Waals surface area (Å²) in [6, 6.07) is 8.40. The van der Waals surface area contributed by atoms with E-state index in [0.29, 0.717) is 5.92 Å². The standard InChI is InChI=1S/C18H21N5/c1-13-4-2-8-19-17(13)12-23-9-3-5-15(11-23)16-7-6-14-10-20-22-18(14)21-16/h2,4,6-8,10,15H,3,5,9,11-12H2,1H3,(H,20,21,22). The zero-order chi connectivity index (χ0) is 15.6. The van der Waals surface area contributed by atoms with E-state index in [1.165, 1.54) is 29.8 Å². The first-order valence-corrected chi connectivity index (χ1v) is 8.22. The normalized spacial score (nSPS) is 19.3. The molecule has 3 aromatic heterocycles. The second-order valence-corrected chi connectivity index (χ2v) is 6.39. The number of H-pyrrole nitrogens is 1. The Morgan fingerprint density at radius 2 is 2.26 bits per heavy atom. The number of rotatable bonds is 3. The molecule has 1 aliphatic rings. The molecule has 1 N–H and O–H groups in total. The summed E-state index contributed by atoms with van der Waals surface area (Å²) in [6.07, 6.45) is 6.12. The molecule has 1 atom stereocenters. The molecule has 0 aliphatic carbocycles. The van der Waals surface area contributed by atoms with Crippen LogP contribution in [0.4, 0.5) is 0 Å². The first-order valence-electron chi connectivity index (χ1n) is 8.22. The van der Waals surface area contributed by atoms with Gasteiger partial charge in [0.05, 0.1) is 11.9 Å². The van der Waals surface area contributed by atoms with Crippen LogP contribution in [0.1, 0.15) is 35.7 Å². The highest BCUT2D eigenvalue weighted by molar-refractivity contribution is 5.73. The zero-order valence-corrected chi connectivity index (χ0v) is 13.4. The Labute approximate surface area is 135 Å². The third kappa shape index (κ3) is 2.97. The van der Waals surface area contributed by atoms with Gasteiger partial charge in [-0.1, -0.05) is 6.07 Å². The lowest BCUT2D eigenvalue weighted by molar-refractivity contribution is 0.196. The van der Waals surface area contributed by atoms with Gasteiger partial charge >= 0.3 is 0 Å². The molecule has 1 unspecified atom stereocenters. The van der Waals surface area contributed by atoms with Crippen molar-refractivity contribution in [2.75, 3.05) is 13.1 Å². The molecule has 5 nitrogen and oxygen atoms in total. The van der Waals surface area contributed by atoms with Crippen molar-refractivity contribution in [2.45, 2.75) is 32.2 Å². The van der Waals surface area contributed by atoms with Gasteiger partial charge in [-0.25, -0.2) is 4.98 Å². The fraction of sp³-hybridized carbons (Fsp3) is 0.389. The van der Waals surface area contributed by atoms with Crippen molar-refractivity contribution < 1.29 is 0 Å². The minimum atomic E-state index is 0.487. The third-order valence-electron chi connectivity index (χ3n) is 4.74. The van der Waals surface area contributed by atoms with Gasteiger partial charge in [0.2, 0.25) is 0 Å². The molecule has 1 aliphatic heterocycles. The van der Waals surface area contributed by atoms with E-state index in [1.807, 2.05) is 18.5 Å². The lowest BCUT2D eigenvalue weighted by Gasteiger charge is -2.32. The molecule has 5 heteroatoms. The van der Waals surface area contributed by atoms with Crippen molar-refractivity contribution >= 4 is 11.0 Å². The molecule has 1 saturated heterocycles. The predicted molar refractivity (Wildman–Crippen MR) is 90.1 cm³/mol. The van der Waals surface area contributed by atoms with Crippen molar-refractivity contribution in [3.8, 4) is 0 Å². The van der Waals surface area contributed by atoms with E-state index in [1.54, 1.807) is 0 Å². The van der Waals surface area contributed by atoms with Gasteiger partial charge in [-0.05, 0) is 50.1 Å². The highest BCUT2D eigenvalue weighted by atomic mass is 15.2. The van der Waals surface area contributed by atoms with Gasteiger partial charge in [0, 0.05) is 36.3 Å². The fourth-order valence-corrected chi connectivity index (χ4v) is 3.41. The maximum Gasteiger partial charge on any atom is 0.155 e. The predicted octanol–water partition coefficient (Wildman–Crippen LogP) is 3.04. The third-order valence-corrected chi connectivity index (χ3v) is 4.74. The lowest BCUT2D eigenvalue weighted by Crippen LogP contribution is -2.34. The molecular weight excluding hydrogens is 286 g/mol. The summed E-state index contributed by atoms with van der Waals surface area (Å²) in [5.74, 6) is 0.487. The summed E-state index contributed by atoms with van der Waals surface area (Å²) in [5, 5.41) is 8.11. The monoisotopic (exact) mass is 307 g/mol. The number of aromatic amines is 1. The lowest BCUT2D eigenvalue weighted by atomic mass is 9.94. The summed E-state index contributed by atoms with van der Waals surface area (Å²) >= 11 is 0. The number of nitrogens with zero attached hydrogens (tertiary/aromatic N) is 4. The van der Waals surface area contributed by atoms with Crippen LogP contribution in [0.3, 0.4) is 0 Å². The topological polar surface area (TPSA) is 57.7 Å². The maximum absolute atomic E-state index is 4.76. The van der Waals surface area contributed by atoms with Gasteiger partial charge in [0.25, 0.3) is 0 Å². The molecule has 23 heavy (non-hydrogen) atoms. The van der Waals surface area contributed by atoms with Crippen LogP contribution in [0.2, 0.25) is 0 Å². The number of nitrogens with one attached hydrogen (secondary N) is 1. The SMILES string of the molecule is Cc1cccnc1CN1CCCC(c2ccc3cn[nH]c3n2)C1. The molecule has 0 amide bonds. The average molecular weight is 307 g/mol. The smallest absolute Gasteiger partial charge is 0.155 e. The Hall–Kier alpha value is -2.27. The van der Waals surface area contributed by atoms with Crippen LogP contribution in [0.5, 0.6) is 0 Å². The Morgan fingerprint density at radius 1 is 1.30 bits per heavy atom. The highest BCUT2D eigenvalue weighted by Gasteiger charge is 2.23. The van der Waals surface area contributed by atoms with E-state index < -0.39 is 0 Å². The quantitative estimate of drug-likeness (QED) is 0.808. The minimum absolute atomic E-state index is 0.487. The molecular formula is C18H21N5. The van der Waals surface area contributed by atoms with E-state index in [0.717, 1.165) is 30.7 Å². The van der Waals surface area contributed by atoms with Crippen molar-refractivity contribution in [1.82, 2.24) is 25.1 Å². The number of fused-ring (bicyclic) bond motifs is 1. The number of hydrogen-bond donors (Lipinski definition) is 1. The van der Waals surface area contributed by atoms with Crippen LogP contribution in [0, 0.1) is 6.92 Å². The van der Waals surface area contributed by atoms with Crippen molar-refractivity contribution in [3.05, 3.63) is 53.6 Å². The summed E-state index contributed by atoms with van der Waals surface area (Å²) in [7, 11) is 0. The molecule has 4 heterocycles. The number of hydrogen-bond acceptors (Lipinski definition) is 4. The number of aromatic nitrogens is 4. The Morgan fingerprint density at radius 3 is 3.17 bits per heavy atom. The van der Waals surface area contributed by atoms with Gasteiger partial charge in [-0.15, -0.1) is 0 Å². The largest absolute Gasteiger partial charge is 0.297 e. The number of aryl methyl sites for hydroxylation is 1. The highest BCUT2D eigenvalue weighted by Crippen LogP contribution is 2.27. The summed E-state index contributed by atoms with van der Waals surface area (Å²) in [6.45, 7) is 5.24. The molecule has 0 aromatic carbocycles. The average Bonchev–Trinajstić information content (AvgIpc) is 3.05. The molecule has 0 radical (unpaired) electrons. The Bertz CT molecular complexity index is 810. The van der Waals surface area contributed by atoms with Crippen LogP contribution >= 0.6 is 0 Å². The molecule has 4 rings (SSSR count). The number of piperidine rings is 1. The molecule has 118 valence electrons. The second-order valence-electron chi connectivity index (χ2n) is 6.39. The molecule has 1 fully saturated rings. The molecule has 0 saturated carbocycles. The van der Waals surface area contributed by atoms with Crippen LogP contribution in [-0.4, -0.2) is 38.2 Å². The van der Waals surface area contributed by atoms with Crippen LogP contribution in [-0.2, 0) is 6.54 Å². The molecule has 0 spiro atoms. The first kappa shape index (κ1) is 14.3. The van der Waals surface area contributed by atoms with E-state index >= 15 is 0 Å². The first-order chi connectivity index (χ1) is 11.3. The van der Waals surface area contributed by atoms with E-state index in [-0.39, 0.29) is 0 Å². The van der Waals surface area contributed by atoms with Gasteiger partial charge in [-0.3, -0.25) is 15.0 Å². The van der Waals surface area contributed by atoms with Gasteiger partial charge in [0.15, 0.2) is 5.65 Å². The Balaban J connectivity index is 1.51. The zero-order valence-electron chi connectivity index (χ0n) is 13.4. The maximum atomic E-state index is 4.76. The van der Waals surface area contributed by atoms with Crippen LogP contribution in [0.25, 0.3) is 11.0 Å². The summed E-state index contributed by atoms with van der Waals surface area (Å²) in [5.41, 5.74) is 4.51. The number of pyridine rings is 2. The van der Waals surface area contributed by atoms with E-state index in [4.69, 9.17) is 4.98 Å². The minimum Gasteiger partial charge on any atom is -0.297 e. The summed E-state index contributed by atoms with van der Waals surface area (Å²) < 4.78 is 0. The summed E-state index contributed by atoms with van der Waals surface area (Å²) in [4.78, 5) is 11.8.